The zero-order chi connectivity index (χ0) is 40.3. The van der Waals surface area contributed by atoms with Crippen molar-refractivity contribution >= 4 is 40.1 Å². The maximum Gasteiger partial charge on any atom is 0.269 e. The number of aliphatic hydroxyl groups excluding tert-OH is 1. The second-order valence-corrected chi connectivity index (χ2v) is 14.9. The molecule has 15 nitrogen and oxygen atoms in total. The third kappa shape index (κ3) is 12.0. The second kappa shape index (κ2) is 19.2. The molecule has 55 heavy (non-hydrogen) atoms. The first-order valence-electron chi connectivity index (χ1n) is 18.6. The first-order chi connectivity index (χ1) is 26.1. The minimum atomic E-state index is -1.83. The van der Waals surface area contributed by atoms with Crippen LogP contribution in [0.2, 0.25) is 0 Å². The fourth-order valence-corrected chi connectivity index (χ4v) is 6.84. The predicted octanol–water partition coefficient (Wildman–Crippen LogP) is 2.77. The molecule has 0 aromatic heterocycles. The summed E-state index contributed by atoms with van der Waals surface area (Å²) in [6, 6.07) is 15.0. The average Bonchev–Trinajstić information content (AvgIpc) is 3.59. The number of amides is 4. The van der Waals surface area contributed by atoms with E-state index in [-0.39, 0.29) is 30.8 Å². The van der Waals surface area contributed by atoms with E-state index in [1.54, 1.807) is 18.2 Å². The number of aliphatic hydroxyl groups is 2. The number of nitrogens with two attached hydrogens (primary N) is 2. The Morgan fingerprint density at radius 1 is 1.02 bits per heavy atom. The molecule has 1 heterocycles. The van der Waals surface area contributed by atoms with Crippen molar-refractivity contribution in [3.05, 3.63) is 99.9 Å². The third-order valence-corrected chi connectivity index (χ3v) is 10.0. The van der Waals surface area contributed by atoms with Crippen molar-refractivity contribution in [1.82, 2.24) is 20.9 Å². The molecule has 5 rings (SSSR count). The molecule has 4 unspecified atom stereocenters. The van der Waals surface area contributed by atoms with E-state index < -0.39 is 64.9 Å². The highest BCUT2D eigenvalue weighted by atomic mass is 16.6. The van der Waals surface area contributed by atoms with Gasteiger partial charge in [-0.3, -0.25) is 29.3 Å². The lowest BCUT2D eigenvalue weighted by Gasteiger charge is -2.28. The minimum absolute atomic E-state index is 0.0123. The zero-order valence-electron chi connectivity index (χ0n) is 31.6. The van der Waals surface area contributed by atoms with Crippen LogP contribution < -0.4 is 27.4 Å². The van der Waals surface area contributed by atoms with E-state index in [1.807, 2.05) is 24.3 Å². The highest BCUT2D eigenvalue weighted by Gasteiger charge is 2.42. The van der Waals surface area contributed by atoms with E-state index in [0.29, 0.717) is 11.1 Å². The molecule has 0 spiro atoms. The summed E-state index contributed by atoms with van der Waals surface area (Å²) in [4.78, 5) is 64.0. The summed E-state index contributed by atoms with van der Waals surface area (Å²) < 4.78 is 0. The van der Waals surface area contributed by atoms with E-state index >= 15 is 0 Å². The number of nitro benzene ring substituents is 1. The molecular weight excluding hydrogens is 706 g/mol. The van der Waals surface area contributed by atoms with Gasteiger partial charge >= 0.3 is 0 Å². The van der Waals surface area contributed by atoms with Crippen LogP contribution in [-0.2, 0) is 20.8 Å². The summed E-state index contributed by atoms with van der Waals surface area (Å²) in [7, 11) is 0. The first kappa shape index (κ1) is 42.2. The Bertz CT molecular complexity index is 1850. The maximum absolute atomic E-state index is 13.8. The number of benzene rings is 3. The first-order valence-corrected chi connectivity index (χ1v) is 18.6. The summed E-state index contributed by atoms with van der Waals surface area (Å²) in [6.45, 7) is 4.93. The fraction of sp³-hybridized carbons (Fsp3) is 0.450. The molecule has 1 aliphatic carbocycles. The standard InChI is InChI=1S/C33H39N7O8.C7H14/c1-33(2,46)27(16-34)37-23-15-26(32(45)38-25(29(42)30(35)43)13-19-7-11-24(12-8-19)40(47)48)39(18-23)28(41)17-36-31(44)22-10-9-20-5-3-4-6-21(20)14-22;1-7-5-3-2-4-6-7/h3-12,14,16,23,25-26,29,37,42,46H,13,15,17-18,34H2,1-2H3,(H2,35,43)(H,36,44)(H,38,45);7H,2-6H2,1H3/b27-16-;. The SMILES string of the molecule is CC(C)(O)/C(=C/N)NC1CC(C(=O)NC(Cc2ccc([N+](=O)[O-])cc2)C(O)C(N)=O)N(C(=O)CNC(=O)c2ccc3ccccc3c2)C1.CC1CCCCC1. The van der Waals surface area contributed by atoms with Crippen LogP contribution in [0, 0.1) is 16.0 Å². The smallest absolute Gasteiger partial charge is 0.269 e. The van der Waals surface area contributed by atoms with Gasteiger partial charge in [0.05, 0.1) is 28.8 Å². The highest BCUT2D eigenvalue weighted by molar-refractivity contribution is 6.00. The van der Waals surface area contributed by atoms with Gasteiger partial charge in [0.1, 0.15) is 6.04 Å². The molecule has 9 N–H and O–H groups in total. The van der Waals surface area contributed by atoms with Gasteiger partial charge in [0.25, 0.3) is 11.6 Å². The molecule has 0 radical (unpaired) electrons. The second-order valence-electron chi connectivity index (χ2n) is 14.9. The van der Waals surface area contributed by atoms with Crippen LogP contribution in [-0.4, -0.2) is 86.6 Å². The summed E-state index contributed by atoms with van der Waals surface area (Å²) in [5.74, 6) is -1.87. The molecule has 3 aromatic rings. The lowest BCUT2D eigenvalue weighted by Crippen LogP contribution is -2.55. The quantitative estimate of drug-likeness (QED) is 0.0993. The summed E-state index contributed by atoms with van der Waals surface area (Å²) in [6.07, 6.45) is 6.73. The van der Waals surface area contributed by atoms with Gasteiger partial charge in [-0.15, -0.1) is 0 Å². The zero-order valence-corrected chi connectivity index (χ0v) is 31.6. The summed E-state index contributed by atoms with van der Waals surface area (Å²) in [5.41, 5.74) is 10.6. The van der Waals surface area contributed by atoms with Crippen molar-refractivity contribution in [2.24, 2.45) is 17.4 Å². The molecule has 296 valence electrons. The van der Waals surface area contributed by atoms with Gasteiger partial charge in [0, 0.05) is 36.5 Å². The Labute approximate surface area is 320 Å². The summed E-state index contributed by atoms with van der Waals surface area (Å²) >= 11 is 0. The van der Waals surface area contributed by atoms with Gasteiger partial charge in [0.2, 0.25) is 17.7 Å². The Hall–Kier alpha value is -5.54. The van der Waals surface area contributed by atoms with E-state index in [0.717, 1.165) is 16.7 Å². The maximum atomic E-state index is 13.8. The van der Waals surface area contributed by atoms with Crippen LogP contribution in [0.25, 0.3) is 10.8 Å². The topological polar surface area (TPSA) is 243 Å². The van der Waals surface area contributed by atoms with Crippen molar-refractivity contribution in [1.29, 1.82) is 0 Å². The number of nitrogens with one attached hydrogen (secondary N) is 3. The monoisotopic (exact) mass is 759 g/mol. The van der Waals surface area contributed by atoms with Crippen LogP contribution in [0.3, 0.4) is 0 Å². The Balaban J connectivity index is 0.000000862. The van der Waals surface area contributed by atoms with E-state index in [4.69, 9.17) is 11.5 Å². The number of rotatable bonds is 13. The van der Waals surface area contributed by atoms with Crippen molar-refractivity contribution in [3.8, 4) is 0 Å². The Morgan fingerprint density at radius 2 is 1.67 bits per heavy atom. The van der Waals surface area contributed by atoms with Crippen LogP contribution >= 0.6 is 0 Å². The molecule has 1 saturated carbocycles. The number of nitro groups is 1. The van der Waals surface area contributed by atoms with Crippen molar-refractivity contribution < 1.29 is 34.3 Å². The number of hydrogen-bond acceptors (Lipinski definition) is 10. The van der Waals surface area contributed by atoms with Crippen molar-refractivity contribution in [3.63, 3.8) is 0 Å². The Morgan fingerprint density at radius 3 is 2.24 bits per heavy atom. The van der Waals surface area contributed by atoms with E-state index in [9.17, 15) is 39.5 Å². The molecule has 0 bridgehead atoms. The van der Waals surface area contributed by atoms with Crippen LogP contribution in [0.5, 0.6) is 0 Å². The molecule has 2 aliphatic rings. The van der Waals surface area contributed by atoms with Crippen LogP contribution in [0.15, 0.2) is 78.6 Å². The lowest BCUT2D eigenvalue weighted by molar-refractivity contribution is -0.384. The third-order valence-electron chi connectivity index (χ3n) is 10.0. The van der Waals surface area contributed by atoms with E-state index in [1.165, 1.54) is 81.3 Å². The van der Waals surface area contributed by atoms with Crippen molar-refractivity contribution in [2.45, 2.75) is 95.5 Å². The van der Waals surface area contributed by atoms with Gasteiger partial charge in [-0.2, -0.15) is 0 Å². The fourth-order valence-electron chi connectivity index (χ4n) is 6.84. The van der Waals surface area contributed by atoms with Crippen LogP contribution in [0.1, 0.15) is 75.2 Å². The Kier molecular flexibility index (Phi) is 14.7. The molecule has 4 amide bonds. The predicted molar refractivity (Wildman–Crippen MR) is 208 cm³/mol. The molecule has 2 fully saturated rings. The van der Waals surface area contributed by atoms with E-state index in [2.05, 4.69) is 22.9 Å². The number of non-ortho nitro benzene ring substituents is 1. The number of nitrogens with zero attached hydrogens (tertiary/aromatic N) is 2. The van der Waals surface area contributed by atoms with Gasteiger partial charge < -0.3 is 42.5 Å². The number of primary amides is 1. The van der Waals surface area contributed by atoms with Gasteiger partial charge in [0.15, 0.2) is 6.10 Å². The van der Waals surface area contributed by atoms with Crippen molar-refractivity contribution in [2.75, 3.05) is 13.1 Å². The number of hydrogen-bond donors (Lipinski definition) is 7. The number of likely N-dealkylation sites (tertiary alicyclic amines) is 1. The lowest BCUT2D eigenvalue weighted by atomic mass is 9.91. The molecule has 1 aliphatic heterocycles. The van der Waals surface area contributed by atoms with Crippen LogP contribution in [0.4, 0.5) is 5.69 Å². The van der Waals surface area contributed by atoms with Gasteiger partial charge in [-0.05, 0) is 61.1 Å². The number of carbonyl (C=O) groups is 4. The molecule has 15 heteroatoms. The van der Waals surface area contributed by atoms with Gasteiger partial charge in [-0.1, -0.05) is 81.5 Å². The molecule has 4 atom stereocenters. The minimum Gasteiger partial charge on any atom is -0.403 e. The molecule has 1 saturated heterocycles. The van der Waals surface area contributed by atoms with Gasteiger partial charge in [-0.25, -0.2) is 0 Å². The molecular formula is C40H53N7O8. The normalized spacial score (nSPS) is 18.7. The average molecular weight is 760 g/mol. The largest absolute Gasteiger partial charge is 0.403 e. The highest BCUT2D eigenvalue weighted by Crippen LogP contribution is 2.24. The molecule has 3 aromatic carbocycles. The summed E-state index contributed by atoms with van der Waals surface area (Å²) in [5, 5.41) is 42.2. The number of carbonyl (C=O) groups excluding carboxylic acids is 4. The number of fused-ring (bicyclic) bond motifs is 1.